The SMILES string of the molecule is ClC1(Cl)CC1COc1cc[c]cc1. The fraction of sp³-hybridized carbons (Fsp3) is 0.400. The van der Waals surface area contributed by atoms with Crippen molar-refractivity contribution in [3.05, 3.63) is 30.3 Å². The molecule has 1 nitrogen and oxygen atoms in total. The predicted molar refractivity (Wildman–Crippen MR) is 53.3 cm³/mol. The van der Waals surface area contributed by atoms with Gasteiger partial charge in [0.05, 0.1) is 6.61 Å². The topological polar surface area (TPSA) is 9.23 Å². The number of ether oxygens (including phenoxy) is 1. The molecule has 1 radical (unpaired) electrons. The van der Waals surface area contributed by atoms with E-state index in [1.807, 2.05) is 24.3 Å². The molecular weight excluding hydrogens is 207 g/mol. The Hall–Kier alpha value is -0.400. The summed E-state index contributed by atoms with van der Waals surface area (Å²) in [6, 6.07) is 10.3. The third-order valence-electron chi connectivity index (χ3n) is 2.09. The zero-order valence-electron chi connectivity index (χ0n) is 6.97. The fourth-order valence-corrected chi connectivity index (χ4v) is 1.61. The number of rotatable bonds is 3. The molecule has 0 aliphatic heterocycles. The number of benzene rings is 1. The van der Waals surface area contributed by atoms with E-state index in [2.05, 4.69) is 6.07 Å². The van der Waals surface area contributed by atoms with Gasteiger partial charge in [-0.1, -0.05) is 12.1 Å². The highest BCUT2D eigenvalue weighted by molar-refractivity contribution is 6.50. The van der Waals surface area contributed by atoms with Gasteiger partial charge >= 0.3 is 0 Å². The Kier molecular flexibility index (Phi) is 2.39. The average Bonchev–Trinajstić information content (AvgIpc) is 2.73. The molecule has 1 unspecified atom stereocenters. The van der Waals surface area contributed by atoms with Crippen molar-refractivity contribution in [3.8, 4) is 5.75 Å². The second-order valence-corrected chi connectivity index (χ2v) is 4.75. The number of hydrogen-bond donors (Lipinski definition) is 0. The second kappa shape index (κ2) is 3.39. The Morgan fingerprint density at radius 3 is 2.62 bits per heavy atom. The molecular formula is C10H9Cl2O. The summed E-state index contributed by atoms with van der Waals surface area (Å²) in [6.45, 7) is 0.594. The van der Waals surface area contributed by atoms with Gasteiger partial charge in [-0.25, -0.2) is 0 Å². The number of halogens is 2. The lowest BCUT2D eigenvalue weighted by atomic mass is 10.3. The van der Waals surface area contributed by atoms with Gasteiger partial charge in [0.2, 0.25) is 0 Å². The van der Waals surface area contributed by atoms with Crippen LogP contribution in [0.5, 0.6) is 5.75 Å². The van der Waals surface area contributed by atoms with Crippen LogP contribution in [0.15, 0.2) is 24.3 Å². The van der Waals surface area contributed by atoms with Crippen LogP contribution in [0.2, 0.25) is 0 Å². The number of alkyl halides is 2. The second-order valence-electron chi connectivity index (χ2n) is 3.21. The van der Waals surface area contributed by atoms with Crippen molar-refractivity contribution in [2.45, 2.75) is 10.8 Å². The Bertz CT molecular complexity index is 284. The molecule has 1 aliphatic carbocycles. The Morgan fingerprint density at radius 1 is 1.46 bits per heavy atom. The van der Waals surface area contributed by atoms with Crippen LogP contribution in [0.1, 0.15) is 6.42 Å². The van der Waals surface area contributed by atoms with E-state index in [0.717, 1.165) is 12.2 Å². The minimum Gasteiger partial charge on any atom is -0.493 e. The smallest absolute Gasteiger partial charge is 0.125 e. The molecule has 1 atom stereocenters. The van der Waals surface area contributed by atoms with E-state index in [4.69, 9.17) is 27.9 Å². The number of hydrogen-bond acceptors (Lipinski definition) is 1. The van der Waals surface area contributed by atoms with E-state index < -0.39 is 4.33 Å². The van der Waals surface area contributed by atoms with E-state index in [0.29, 0.717) is 6.61 Å². The summed E-state index contributed by atoms with van der Waals surface area (Å²) in [5.41, 5.74) is 0. The third kappa shape index (κ3) is 2.29. The first kappa shape index (κ1) is 9.17. The Balaban J connectivity index is 1.82. The van der Waals surface area contributed by atoms with Gasteiger partial charge in [0.15, 0.2) is 0 Å². The zero-order chi connectivity index (χ0) is 9.31. The molecule has 3 heteroatoms. The summed E-state index contributed by atoms with van der Waals surface area (Å²) in [5, 5.41) is 0. The van der Waals surface area contributed by atoms with E-state index in [-0.39, 0.29) is 5.92 Å². The van der Waals surface area contributed by atoms with E-state index >= 15 is 0 Å². The van der Waals surface area contributed by atoms with E-state index in [1.54, 1.807) is 0 Å². The lowest BCUT2D eigenvalue weighted by molar-refractivity contribution is 0.298. The van der Waals surface area contributed by atoms with Crippen LogP contribution in [0, 0.1) is 12.0 Å². The molecule has 69 valence electrons. The van der Waals surface area contributed by atoms with Crippen LogP contribution in [0.3, 0.4) is 0 Å². The molecule has 0 bridgehead atoms. The molecule has 1 aliphatic rings. The van der Waals surface area contributed by atoms with Crippen molar-refractivity contribution in [1.29, 1.82) is 0 Å². The van der Waals surface area contributed by atoms with Gasteiger partial charge < -0.3 is 4.74 Å². The molecule has 0 amide bonds. The largest absolute Gasteiger partial charge is 0.493 e. The zero-order valence-corrected chi connectivity index (χ0v) is 8.48. The summed E-state index contributed by atoms with van der Waals surface area (Å²) >= 11 is 11.7. The van der Waals surface area contributed by atoms with Crippen LogP contribution in [-0.4, -0.2) is 10.9 Å². The minimum atomic E-state index is -0.541. The third-order valence-corrected chi connectivity index (χ3v) is 3.02. The van der Waals surface area contributed by atoms with Crippen molar-refractivity contribution >= 4 is 23.2 Å². The molecule has 0 spiro atoms. The van der Waals surface area contributed by atoms with Crippen molar-refractivity contribution in [3.63, 3.8) is 0 Å². The molecule has 0 heterocycles. The lowest BCUT2D eigenvalue weighted by Crippen LogP contribution is -2.03. The highest BCUT2D eigenvalue weighted by atomic mass is 35.5. The molecule has 0 saturated heterocycles. The van der Waals surface area contributed by atoms with Crippen molar-refractivity contribution in [2.24, 2.45) is 5.92 Å². The Labute approximate surface area is 87.6 Å². The maximum atomic E-state index is 5.85. The van der Waals surface area contributed by atoms with Gasteiger partial charge in [0.1, 0.15) is 10.1 Å². The summed E-state index contributed by atoms with van der Waals surface area (Å²) in [5.74, 6) is 1.12. The first-order valence-electron chi connectivity index (χ1n) is 4.15. The quantitative estimate of drug-likeness (QED) is 0.705. The highest BCUT2D eigenvalue weighted by Crippen LogP contribution is 2.53. The highest BCUT2D eigenvalue weighted by Gasteiger charge is 2.52. The van der Waals surface area contributed by atoms with Crippen molar-refractivity contribution < 1.29 is 4.74 Å². The molecule has 2 rings (SSSR count). The molecule has 1 aromatic rings. The van der Waals surface area contributed by atoms with Crippen LogP contribution in [0.4, 0.5) is 0 Å². The van der Waals surface area contributed by atoms with Gasteiger partial charge in [-0.05, 0) is 24.6 Å². The Morgan fingerprint density at radius 2 is 2.08 bits per heavy atom. The van der Waals surface area contributed by atoms with Gasteiger partial charge in [-0.2, -0.15) is 0 Å². The van der Waals surface area contributed by atoms with Crippen LogP contribution < -0.4 is 4.74 Å². The molecule has 1 aromatic carbocycles. The van der Waals surface area contributed by atoms with Gasteiger partial charge in [-0.3, -0.25) is 0 Å². The molecule has 0 aromatic heterocycles. The van der Waals surface area contributed by atoms with Gasteiger partial charge in [0, 0.05) is 5.92 Å². The van der Waals surface area contributed by atoms with Crippen LogP contribution in [-0.2, 0) is 0 Å². The van der Waals surface area contributed by atoms with E-state index in [1.165, 1.54) is 0 Å². The lowest BCUT2D eigenvalue weighted by Gasteiger charge is -2.04. The van der Waals surface area contributed by atoms with Crippen molar-refractivity contribution in [1.82, 2.24) is 0 Å². The minimum absolute atomic E-state index is 0.278. The molecule has 1 fully saturated rings. The maximum absolute atomic E-state index is 5.85. The first-order chi connectivity index (χ1) is 6.18. The first-order valence-corrected chi connectivity index (χ1v) is 4.91. The van der Waals surface area contributed by atoms with Crippen molar-refractivity contribution in [2.75, 3.05) is 6.61 Å². The molecule has 0 N–H and O–H groups in total. The maximum Gasteiger partial charge on any atom is 0.125 e. The predicted octanol–water partition coefficient (Wildman–Crippen LogP) is 3.06. The standard InChI is InChI=1S/C10H9Cl2O/c11-10(12)6-8(10)7-13-9-4-2-1-3-5-9/h2-5,8H,6-7H2. The van der Waals surface area contributed by atoms with Crippen LogP contribution >= 0.6 is 23.2 Å². The summed E-state index contributed by atoms with van der Waals surface area (Å²) in [7, 11) is 0. The van der Waals surface area contributed by atoms with Gasteiger partial charge in [-0.15, -0.1) is 23.2 Å². The summed E-state index contributed by atoms with van der Waals surface area (Å²) in [4.78, 5) is 0. The molecule has 1 saturated carbocycles. The normalized spacial score (nSPS) is 24.0. The van der Waals surface area contributed by atoms with Crippen LogP contribution in [0.25, 0.3) is 0 Å². The molecule has 13 heavy (non-hydrogen) atoms. The average molecular weight is 216 g/mol. The van der Waals surface area contributed by atoms with Gasteiger partial charge in [0.25, 0.3) is 0 Å². The van der Waals surface area contributed by atoms with E-state index in [9.17, 15) is 0 Å². The monoisotopic (exact) mass is 215 g/mol. The fourth-order valence-electron chi connectivity index (χ4n) is 1.12. The summed E-state index contributed by atoms with van der Waals surface area (Å²) < 4.78 is 4.94. The summed E-state index contributed by atoms with van der Waals surface area (Å²) in [6.07, 6.45) is 0.828.